The van der Waals surface area contributed by atoms with E-state index in [0.717, 1.165) is 32.1 Å². The minimum atomic E-state index is -3.59. The molecule has 0 bridgehead atoms. The van der Waals surface area contributed by atoms with Crippen molar-refractivity contribution >= 4 is 10.0 Å². The monoisotopic (exact) mass is 300 g/mol. The van der Waals surface area contributed by atoms with E-state index in [0.29, 0.717) is 6.54 Å². The van der Waals surface area contributed by atoms with Crippen LogP contribution in [0, 0.1) is 5.82 Å². The molecule has 0 atom stereocenters. The van der Waals surface area contributed by atoms with Crippen LogP contribution >= 0.6 is 0 Å². The molecule has 0 heterocycles. The van der Waals surface area contributed by atoms with Gasteiger partial charge in [-0.15, -0.1) is 0 Å². The maximum Gasteiger partial charge on any atom is 0.243 e. The van der Waals surface area contributed by atoms with Gasteiger partial charge in [0.15, 0.2) is 0 Å². The number of hydrogen-bond donors (Lipinski definition) is 1. The van der Waals surface area contributed by atoms with Crippen LogP contribution in [-0.2, 0) is 10.0 Å². The Morgan fingerprint density at radius 2 is 1.75 bits per heavy atom. The van der Waals surface area contributed by atoms with E-state index in [1.54, 1.807) is 0 Å². The van der Waals surface area contributed by atoms with Crippen molar-refractivity contribution < 1.29 is 12.8 Å². The predicted octanol–water partition coefficient (Wildman–Crippen LogP) is 2.11. The summed E-state index contributed by atoms with van der Waals surface area (Å²) in [5.74, 6) is -0.438. The average Bonchev–Trinajstić information content (AvgIpc) is 2.46. The van der Waals surface area contributed by atoms with Gasteiger partial charge in [-0.25, -0.2) is 12.8 Å². The van der Waals surface area contributed by atoms with Gasteiger partial charge in [0.05, 0.1) is 4.90 Å². The fourth-order valence-electron chi connectivity index (χ4n) is 2.74. The van der Waals surface area contributed by atoms with Crippen LogP contribution in [0.2, 0.25) is 0 Å². The third-order valence-electron chi connectivity index (χ3n) is 3.75. The van der Waals surface area contributed by atoms with Crippen molar-refractivity contribution in [3.63, 3.8) is 0 Å². The molecule has 1 saturated carbocycles. The Labute approximate surface area is 119 Å². The number of hydrogen-bond acceptors (Lipinski definition) is 3. The molecule has 1 aromatic rings. The minimum absolute atomic E-state index is 0.0161. The molecule has 0 unspecified atom stereocenters. The second-order valence-corrected chi connectivity index (χ2v) is 7.04. The maximum atomic E-state index is 13.0. The number of sulfonamides is 1. The zero-order valence-electron chi connectivity index (χ0n) is 11.5. The van der Waals surface area contributed by atoms with E-state index in [4.69, 9.17) is 5.73 Å². The minimum Gasteiger partial charge on any atom is -0.329 e. The van der Waals surface area contributed by atoms with Crippen molar-refractivity contribution in [1.29, 1.82) is 0 Å². The summed E-state index contributed by atoms with van der Waals surface area (Å²) in [7, 11) is -3.59. The molecule has 0 aliphatic heterocycles. The van der Waals surface area contributed by atoms with Crippen LogP contribution in [0.4, 0.5) is 4.39 Å². The molecule has 1 aromatic carbocycles. The molecule has 20 heavy (non-hydrogen) atoms. The summed E-state index contributed by atoms with van der Waals surface area (Å²) < 4.78 is 39.8. The van der Waals surface area contributed by atoms with Crippen LogP contribution in [0.3, 0.4) is 0 Å². The van der Waals surface area contributed by atoms with Gasteiger partial charge in [-0.05, 0) is 37.1 Å². The van der Waals surface area contributed by atoms with E-state index in [1.807, 2.05) is 0 Å². The second-order valence-electron chi connectivity index (χ2n) is 5.15. The highest BCUT2D eigenvalue weighted by atomic mass is 32.2. The van der Waals surface area contributed by atoms with Crippen molar-refractivity contribution in [3.8, 4) is 0 Å². The molecule has 112 valence electrons. The number of rotatable bonds is 5. The van der Waals surface area contributed by atoms with Gasteiger partial charge in [0, 0.05) is 19.1 Å². The van der Waals surface area contributed by atoms with Gasteiger partial charge >= 0.3 is 0 Å². The topological polar surface area (TPSA) is 63.4 Å². The summed E-state index contributed by atoms with van der Waals surface area (Å²) in [5.41, 5.74) is 5.57. The molecule has 1 fully saturated rings. The first-order valence-corrected chi connectivity index (χ1v) is 8.47. The van der Waals surface area contributed by atoms with Crippen molar-refractivity contribution in [3.05, 3.63) is 30.1 Å². The van der Waals surface area contributed by atoms with Crippen molar-refractivity contribution in [1.82, 2.24) is 4.31 Å². The van der Waals surface area contributed by atoms with Crippen molar-refractivity contribution in [2.24, 2.45) is 5.73 Å². The predicted molar refractivity (Wildman–Crippen MR) is 76.2 cm³/mol. The zero-order valence-corrected chi connectivity index (χ0v) is 12.3. The molecule has 1 aliphatic carbocycles. The lowest BCUT2D eigenvalue weighted by Crippen LogP contribution is -2.44. The summed E-state index contributed by atoms with van der Waals surface area (Å²) in [6.07, 6.45) is 5.00. The summed E-state index contributed by atoms with van der Waals surface area (Å²) in [6, 6.07) is 5.00. The van der Waals surface area contributed by atoms with E-state index in [-0.39, 0.29) is 17.5 Å². The number of nitrogens with two attached hydrogens (primary N) is 1. The van der Waals surface area contributed by atoms with Crippen LogP contribution in [0.25, 0.3) is 0 Å². The summed E-state index contributed by atoms with van der Waals surface area (Å²) >= 11 is 0. The van der Waals surface area contributed by atoms with Crippen LogP contribution in [-0.4, -0.2) is 31.9 Å². The van der Waals surface area contributed by atoms with E-state index in [2.05, 4.69) is 0 Å². The van der Waals surface area contributed by atoms with E-state index >= 15 is 0 Å². The molecule has 0 aromatic heterocycles. The van der Waals surface area contributed by atoms with Crippen molar-refractivity contribution in [2.45, 2.75) is 43.0 Å². The lowest BCUT2D eigenvalue weighted by molar-refractivity contribution is 0.257. The standard InChI is InChI=1S/C14H21FN2O2S/c15-12-6-8-14(9-7-12)20(18,19)17(11-10-16)13-4-2-1-3-5-13/h6-9,13H,1-5,10-11,16H2. The Morgan fingerprint density at radius 3 is 2.30 bits per heavy atom. The Bertz CT molecular complexity index is 525. The second kappa shape index (κ2) is 6.65. The fraction of sp³-hybridized carbons (Fsp3) is 0.571. The van der Waals surface area contributed by atoms with Gasteiger partial charge in [0.25, 0.3) is 0 Å². The Kier molecular flexibility index (Phi) is 5.12. The SMILES string of the molecule is NCCN(C1CCCCC1)S(=O)(=O)c1ccc(F)cc1. The highest BCUT2D eigenvalue weighted by Gasteiger charge is 2.31. The Morgan fingerprint density at radius 1 is 1.15 bits per heavy atom. The van der Waals surface area contributed by atoms with Crippen LogP contribution in [0.5, 0.6) is 0 Å². The third-order valence-corrected chi connectivity index (χ3v) is 5.72. The van der Waals surface area contributed by atoms with E-state index in [1.165, 1.54) is 28.6 Å². The first kappa shape index (κ1) is 15.4. The molecule has 0 saturated heterocycles. The first-order chi connectivity index (χ1) is 9.55. The maximum absolute atomic E-state index is 13.0. The Balaban J connectivity index is 2.28. The van der Waals surface area contributed by atoms with Gasteiger partial charge in [-0.3, -0.25) is 0 Å². The van der Waals surface area contributed by atoms with Gasteiger partial charge < -0.3 is 5.73 Å². The average molecular weight is 300 g/mol. The molecule has 0 amide bonds. The smallest absolute Gasteiger partial charge is 0.243 e. The lowest BCUT2D eigenvalue weighted by atomic mass is 9.95. The molecule has 6 heteroatoms. The molecule has 0 radical (unpaired) electrons. The molecule has 0 spiro atoms. The van der Waals surface area contributed by atoms with Crippen LogP contribution < -0.4 is 5.73 Å². The number of benzene rings is 1. The number of halogens is 1. The molecule has 2 N–H and O–H groups in total. The van der Waals surface area contributed by atoms with Crippen LogP contribution in [0.15, 0.2) is 29.2 Å². The molecular weight excluding hydrogens is 279 g/mol. The molecule has 2 rings (SSSR count). The Hall–Kier alpha value is -0.980. The fourth-order valence-corrected chi connectivity index (χ4v) is 4.44. The van der Waals surface area contributed by atoms with E-state index < -0.39 is 15.8 Å². The van der Waals surface area contributed by atoms with Gasteiger partial charge in [0.1, 0.15) is 5.82 Å². The van der Waals surface area contributed by atoms with Gasteiger partial charge in [-0.2, -0.15) is 4.31 Å². The van der Waals surface area contributed by atoms with Crippen LogP contribution in [0.1, 0.15) is 32.1 Å². The quantitative estimate of drug-likeness (QED) is 0.906. The normalized spacial score (nSPS) is 17.6. The highest BCUT2D eigenvalue weighted by molar-refractivity contribution is 7.89. The summed E-state index contributed by atoms with van der Waals surface area (Å²) in [5, 5.41) is 0. The largest absolute Gasteiger partial charge is 0.329 e. The van der Waals surface area contributed by atoms with Gasteiger partial charge in [0.2, 0.25) is 10.0 Å². The zero-order chi connectivity index (χ0) is 14.6. The molecule has 4 nitrogen and oxygen atoms in total. The molecule has 1 aliphatic rings. The number of nitrogens with zero attached hydrogens (tertiary/aromatic N) is 1. The van der Waals surface area contributed by atoms with Gasteiger partial charge in [-0.1, -0.05) is 19.3 Å². The van der Waals surface area contributed by atoms with Crippen molar-refractivity contribution in [2.75, 3.05) is 13.1 Å². The summed E-state index contributed by atoms with van der Waals surface area (Å²) in [4.78, 5) is 0.137. The van der Waals surface area contributed by atoms with E-state index in [9.17, 15) is 12.8 Å². The third kappa shape index (κ3) is 3.37. The summed E-state index contributed by atoms with van der Waals surface area (Å²) in [6.45, 7) is 0.599. The molecular formula is C14H21FN2O2S. The lowest BCUT2D eigenvalue weighted by Gasteiger charge is -2.33. The highest BCUT2D eigenvalue weighted by Crippen LogP contribution is 2.27. The first-order valence-electron chi connectivity index (χ1n) is 7.03.